The highest BCUT2D eigenvalue weighted by Gasteiger charge is 2.20. The fourth-order valence-corrected chi connectivity index (χ4v) is 1.30. The quantitative estimate of drug-likeness (QED) is 0.778. The summed E-state index contributed by atoms with van der Waals surface area (Å²) in [5.74, 6) is -1.06. The van der Waals surface area contributed by atoms with Crippen LogP contribution in [0.4, 0.5) is 14.6 Å². The number of nitrogens with two attached hydrogens (primary N) is 2. The molecule has 0 amide bonds. The number of rotatable bonds is 4. The second-order valence-electron chi connectivity index (χ2n) is 3.18. The van der Waals surface area contributed by atoms with Crippen LogP contribution in [0.25, 0.3) is 0 Å². The number of anilines is 1. The molecule has 0 saturated carbocycles. The summed E-state index contributed by atoms with van der Waals surface area (Å²) < 4.78 is 29.9. The van der Waals surface area contributed by atoms with E-state index in [9.17, 15) is 13.6 Å². The van der Waals surface area contributed by atoms with Crippen molar-refractivity contribution in [2.45, 2.75) is 19.9 Å². The predicted molar refractivity (Wildman–Crippen MR) is 57.5 cm³/mol. The zero-order valence-electron chi connectivity index (χ0n) is 9.24. The third kappa shape index (κ3) is 2.88. The summed E-state index contributed by atoms with van der Waals surface area (Å²) in [7, 11) is 0. The van der Waals surface area contributed by atoms with Crippen LogP contribution in [-0.2, 0) is 11.3 Å². The normalized spacial score (nSPS) is 10.6. The van der Waals surface area contributed by atoms with E-state index in [-0.39, 0.29) is 30.2 Å². The average Bonchev–Trinajstić information content (AvgIpc) is 2.28. The first-order chi connectivity index (χ1) is 8.01. The number of aromatic nitrogens is 1. The number of nitrogen functional groups attached to an aromatic ring is 1. The first-order valence-corrected chi connectivity index (χ1v) is 4.95. The van der Waals surface area contributed by atoms with E-state index in [1.54, 1.807) is 6.92 Å². The Morgan fingerprint density at radius 3 is 2.71 bits per heavy atom. The van der Waals surface area contributed by atoms with Gasteiger partial charge in [-0.3, -0.25) is 0 Å². The van der Waals surface area contributed by atoms with Gasteiger partial charge in [-0.25, -0.2) is 18.6 Å². The molecule has 0 bridgehead atoms. The van der Waals surface area contributed by atoms with E-state index < -0.39 is 18.0 Å². The van der Waals surface area contributed by atoms with Crippen LogP contribution in [0, 0.1) is 0 Å². The molecule has 0 radical (unpaired) electrons. The van der Waals surface area contributed by atoms with Gasteiger partial charge in [0.25, 0.3) is 6.43 Å². The number of carbonyl (C=O) groups excluding carboxylic acids is 1. The monoisotopic (exact) mass is 245 g/mol. The first kappa shape index (κ1) is 13.3. The molecule has 94 valence electrons. The number of carbonyl (C=O) groups is 1. The Morgan fingerprint density at radius 1 is 1.59 bits per heavy atom. The van der Waals surface area contributed by atoms with Gasteiger partial charge in [0.05, 0.1) is 23.4 Å². The van der Waals surface area contributed by atoms with Crippen LogP contribution in [-0.4, -0.2) is 17.6 Å². The summed E-state index contributed by atoms with van der Waals surface area (Å²) >= 11 is 0. The maximum atomic E-state index is 12.6. The minimum Gasteiger partial charge on any atom is -0.462 e. The van der Waals surface area contributed by atoms with Crippen molar-refractivity contribution >= 4 is 11.8 Å². The summed E-state index contributed by atoms with van der Waals surface area (Å²) in [5, 5.41) is 0. The molecule has 1 rings (SSSR count). The maximum Gasteiger partial charge on any atom is 0.340 e. The SMILES string of the molecule is CCOC(=O)c1cc(C(F)F)c(N)nc1CN. The molecule has 0 aromatic carbocycles. The van der Waals surface area contributed by atoms with Gasteiger partial charge < -0.3 is 16.2 Å². The molecule has 0 atom stereocenters. The van der Waals surface area contributed by atoms with Gasteiger partial charge in [-0.05, 0) is 13.0 Å². The fraction of sp³-hybridized carbons (Fsp3) is 0.400. The lowest BCUT2D eigenvalue weighted by Crippen LogP contribution is -2.15. The van der Waals surface area contributed by atoms with Crippen molar-refractivity contribution in [1.82, 2.24) is 4.98 Å². The number of pyridine rings is 1. The van der Waals surface area contributed by atoms with Crippen molar-refractivity contribution in [1.29, 1.82) is 0 Å². The lowest BCUT2D eigenvalue weighted by molar-refractivity contribution is 0.0524. The second-order valence-corrected chi connectivity index (χ2v) is 3.18. The minimum absolute atomic E-state index is 0.0705. The topological polar surface area (TPSA) is 91.2 Å². The van der Waals surface area contributed by atoms with Crippen LogP contribution in [0.3, 0.4) is 0 Å². The molecule has 0 aliphatic rings. The molecular weight excluding hydrogens is 232 g/mol. The van der Waals surface area contributed by atoms with Crippen LogP contribution in [0.1, 0.15) is 35.0 Å². The molecule has 5 nitrogen and oxygen atoms in total. The van der Waals surface area contributed by atoms with E-state index in [2.05, 4.69) is 4.98 Å². The third-order valence-electron chi connectivity index (χ3n) is 2.09. The molecule has 1 aromatic heterocycles. The number of esters is 1. The Hall–Kier alpha value is -1.76. The van der Waals surface area contributed by atoms with Gasteiger partial charge in [-0.2, -0.15) is 0 Å². The summed E-state index contributed by atoms with van der Waals surface area (Å²) in [6, 6.07) is 0.979. The third-order valence-corrected chi connectivity index (χ3v) is 2.09. The molecular formula is C10H13F2N3O2. The van der Waals surface area contributed by atoms with Crippen LogP contribution in [0.15, 0.2) is 6.07 Å². The molecule has 0 fully saturated rings. The molecule has 1 aromatic rings. The van der Waals surface area contributed by atoms with Crippen molar-refractivity contribution in [2.24, 2.45) is 5.73 Å². The number of hydrogen-bond donors (Lipinski definition) is 2. The number of nitrogens with zero attached hydrogens (tertiary/aromatic N) is 1. The Bertz CT molecular complexity index is 424. The average molecular weight is 245 g/mol. The highest BCUT2D eigenvalue weighted by molar-refractivity contribution is 5.91. The van der Waals surface area contributed by atoms with Gasteiger partial charge in [0, 0.05) is 6.54 Å². The Balaban J connectivity index is 3.26. The van der Waals surface area contributed by atoms with Crippen LogP contribution >= 0.6 is 0 Å². The van der Waals surface area contributed by atoms with Crippen molar-refractivity contribution in [3.8, 4) is 0 Å². The lowest BCUT2D eigenvalue weighted by atomic mass is 10.1. The smallest absolute Gasteiger partial charge is 0.340 e. The van der Waals surface area contributed by atoms with E-state index in [0.29, 0.717) is 0 Å². The van der Waals surface area contributed by atoms with Crippen LogP contribution in [0.2, 0.25) is 0 Å². The zero-order valence-corrected chi connectivity index (χ0v) is 9.24. The summed E-state index contributed by atoms with van der Waals surface area (Å²) in [5.41, 5.74) is 10.3. The Labute approximate surface area is 96.8 Å². The van der Waals surface area contributed by atoms with E-state index in [1.165, 1.54) is 0 Å². The highest BCUT2D eigenvalue weighted by Crippen LogP contribution is 2.26. The van der Waals surface area contributed by atoms with Crippen molar-refractivity contribution in [3.05, 3.63) is 22.9 Å². The molecule has 0 unspecified atom stereocenters. The predicted octanol–water partition coefficient (Wildman–Crippen LogP) is 1.24. The van der Waals surface area contributed by atoms with Crippen LogP contribution < -0.4 is 11.5 Å². The molecule has 0 aliphatic heterocycles. The molecule has 0 aliphatic carbocycles. The largest absolute Gasteiger partial charge is 0.462 e. The molecule has 0 spiro atoms. The second kappa shape index (κ2) is 5.53. The summed E-state index contributed by atoms with van der Waals surface area (Å²) in [4.78, 5) is 15.2. The zero-order chi connectivity index (χ0) is 13.0. The van der Waals surface area contributed by atoms with Crippen molar-refractivity contribution in [3.63, 3.8) is 0 Å². The van der Waals surface area contributed by atoms with Gasteiger partial charge in [0.15, 0.2) is 0 Å². The summed E-state index contributed by atoms with van der Waals surface area (Å²) in [6.07, 6.45) is -2.80. The first-order valence-electron chi connectivity index (χ1n) is 4.95. The van der Waals surface area contributed by atoms with Gasteiger partial charge in [-0.1, -0.05) is 0 Å². The van der Waals surface area contributed by atoms with E-state index in [4.69, 9.17) is 16.2 Å². The number of alkyl halides is 2. The minimum atomic E-state index is -2.80. The van der Waals surface area contributed by atoms with E-state index in [0.717, 1.165) is 6.07 Å². The molecule has 7 heteroatoms. The van der Waals surface area contributed by atoms with Crippen molar-refractivity contribution in [2.75, 3.05) is 12.3 Å². The van der Waals surface area contributed by atoms with Gasteiger partial charge in [-0.15, -0.1) is 0 Å². The molecule has 1 heterocycles. The Morgan fingerprint density at radius 2 is 2.24 bits per heavy atom. The standard InChI is InChI=1S/C10H13F2N3O2/c1-2-17-10(16)5-3-6(8(11)12)9(14)15-7(5)4-13/h3,8H,2,4,13H2,1H3,(H2,14,15). The van der Waals surface area contributed by atoms with Gasteiger partial charge in [0.1, 0.15) is 5.82 Å². The van der Waals surface area contributed by atoms with E-state index in [1.807, 2.05) is 0 Å². The lowest BCUT2D eigenvalue weighted by Gasteiger charge is -2.11. The fourth-order valence-electron chi connectivity index (χ4n) is 1.30. The molecule has 0 saturated heterocycles. The number of ether oxygens (including phenoxy) is 1. The summed E-state index contributed by atoms with van der Waals surface area (Å²) in [6.45, 7) is 1.66. The number of hydrogen-bond acceptors (Lipinski definition) is 5. The van der Waals surface area contributed by atoms with Gasteiger partial charge >= 0.3 is 5.97 Å². The van der Waals surface area contributed by atoms with Crippen molar-refractivity contribution < 1.29 is 18.3 Å². The number of halogens is 2. The van der Waals surface area contributed by atoms with E-state index >= 15 is 0 Å². The maximum absolute atomic E-state index is 12.6. The van der Waals surface area contributed by atoms with Gasteiger partial charge in [0.2, 0.25) is 0 Å². The van der Waals surface area contributed by atoms with Crippen LogP contribution in [0.5, 0.6) is 0 Å². The molecule has 4 N–H and O–H groups in total. The highest BCUT2D eigenvalue weighted by atomic mass is 19.3. The molecule has 17 heavy (non-hydrogen) atoms. The Kier molecular flexibility index (Phi) is 4.33.